The Morgan fingerprint density at radius 3 is 2.71 bits per heavy atom. The number of nitrogens with one attached hydrogen (secondary N) is 2. The fourth-order valence-electron chi connectivity index (χ4n) is 0.960. The Kier molecular flexibility index (Phi) is 3.52. The maximum atomic E-state index is 11.3. The molecule has 0 aromatic carbocycles. The van der Waals surface area contributed by atoms with Crippen LogP contribution < -0.4 is 10.6 Å². The van der Waals surface area contributed by atoms with Gasteiger partial charge in [-0.2, -0.15) is 11.3 Å². The average molecular weight is 212 g/mol. The van der Waals surface area contributed by atoms with Crippen molar-refractivity contribution in [2.75, 3.05) is 0 Å². The first-order valence-electron chi connectivity index (χ1n) is 4.54. The molecule has 0 aliphatic carbocycles. The lowest BCUT2D eigenvalue weighted by Gasteiger charge is -2.20. The van der Waals surface area contributed by atoms with Crippen molar-refractivity contribution in [3.8, 4) is 0 Å². The molecule has 0 bridgehead atoms. The lowest BCUT2D eigenvalue weighted by molar-refractivity contribution is 0.231. The predicted octanol–water partition coefficient (Wildman–Crippen LogP) is 2.35. The molecule has 1 rings (SSSR count). The second-order valence-electron chi connectivity index (χ2n) is 4.19. The second-order valence-corrected chi connectivity index (χ2v) is 4.97. The van der Waals surface area contributed by atoms with E-state index in [-0.39, 0.29) is 11.6 Å². The zero-order chi connectivity index (χ0) is 10.6. The van der Waals surface area contributed by atoms with Crippen LogP contribution in [0.4, 0.5) is 4.79 Å². The molecule has 2 amide bonds. The van der Waals surface area contributed by atoms with Crippen molar-refractivity contribution in [3.63, 3.8) is 0 Å². The first-order valence-corrected chi connectivity index (χ1v) is 5.49. The Morgan fingerprint density at radius 2 is 2.21 bits per heavy atom. The Bertz CT molecular complexity index is 288. The Morgan fingerprint density at radius 1 is 1.50 bits per heavy atom. The van der Waals surface area contributed by atoms with E-state index in [4.69, 9.17) is 0 Å². The summed E-state index contributed by atoms with van der Waals surface area (Å²) in [5, 5.41) is 9.66. The highest BCUT2D eigenvalue weighted by Crippen LogP contribution is 2.05. The number of rotatable bonds is 2. The first-order chi connectivity index (χ1) is 6.47. The number of amides is 2. The molecule has 3 nitrogen and oxygen atoms in total. The van der Waals surface area contributed by atoms with Crippen molar-refractivity contribution in [2.24, 2.45) is 0 Å². The SMILES string of the molecule is CC(C)(C)NC(=O)NCc1ccsc1. The van der Waals surface area contributed by atoms with E-state index in [2.05, 4.69) is 10.6 Å². The third kappa shape index (κ3) is 4.28. The molecule has 4 heteroatoms. The summed E-state index contributed by atoms with van der Waals surface area (Å²) in [4.78, 5) is 11.3. The summed E-state index contributed by atoms with van der Waals surface area (Å²) in [6, 6.07) is 1.88. The molecule has 0 radical (unpaired) electrons. The van der Waals surface area contributed by atoms with Crippen LogP contribution in [0, 0.1) is 0 Å². The van der Waals surface area contributed by atoms with Gasteiger partial charge in [0.15, 0.2) is 0 Å². The summed E-state index contributed by atoms with van der Waals surface area (Å²) in [5.41, 5.74) is 0.956. The van der Waals surface area contributed by atoms with E-state index in [1.807, 2.05) is 37.6 Å². The maximum Gasteiger partial charge on any atom is 0.315 e. The number of carbonyl (C=O) groups is 1. The number of thiophene rings is 1. The third-order valence-electron chi connectivity index (χ3n) is 1.52. The fraction of sp³-hybridized carbons (Fsp3) is 0.500. The van der Waals surface area contributed by atoms with Crippen LogP contribution in [-0.4, -0.2) is 11.6 Å². The van der Waals surface area contributed by atoms with Crippen molar-refractivity contribution in [1.29, 1.82) is 0 Å². The smallest absolute Gasteiger partial charge is 0.315 e. The predicted molar refractivity (Wildman–Crippen MR) is 59.4 cm³/mol. The van der Waals surface area contributed by atoms with Gasteiger partial charge in [0, 0.05) is 12.1 Å². The molecule has 0 aliphatic rings. The summed E-state index contributed by atoms with van der Waals surface area (Å²) >= 11 is 1.63. The summed E-state index contributed by atoms with van der Waals surface area (Å²) in [6.07, 6.45) is 0. The van der Waals surface area contributed by atoms with Crippen molar-refractivity contribution in [3.05, 3.63) is 22.4 Å². The van der Waals surface area contributed by atoms with Crippen LogP contribution in [0.3, 0.4) is 0 Å². The number of hydrogen-bond donors (Lipinski definition) is 2. The molecule has 0 fully saturated rings. The van der Waals surface area contributed by atoms with E-state index in [1.165, 1.54) is 0 Å². The summed E-state index contributed by atoms with van der Waals surface area (Å²) in [7, 11) is 0. The van der Waals surface area contributed by atoms with E-state index in [9.17, 15) is 4.79 Å². The Labute approximate surface area is 88.5 Å². The van der Waals surface area contributed by atoms with Crippen molar-refractivity contribution in [2.45, 2.75) is 32.9 Å². The van der Waals surface area contributed by atoms with Crippen LogP contribution in [0.15, 0.2) is 16.8 Å². The molecular weight excluding hydrogens is 196 g/mol. The minimum absolute atomic E-state index is 0.122. The van der Waals surface area contributed by atoms with E-state index in [1.54, 1.807) is 11.3 Å². The molecule has 78 valence electrons. The Balaban J connectivity index is 2.29. The highest BCUT2D eigenvalue weighted by molar-refractivity contribution is 7.07. The van der Waals surface area contributed by atoms with E-state index in [0.29, 0.717) is 6.54 Å². The van der Waals surface area contributed by atoms with E-state index < -0.39 is 0 Å². The van der Waals surface area contributed by atoms with Gasteiger partial charge in [-0.05, 0) is 43.2 Å². The highest BCUT2D eigenvalue weighted by Gasteiger charge is 2.12. The number of hydrogen-bond acceptors (Lipinski definition) is 2. The molecule has 0 saturated heterocycles. The topological polar surface area (TPSA) is 41.1 Å². The van der Waals surface area contributed by atoms with Gasteiger partial charge in [-0.25, -0.2) is 4.79 Å². The molecule has 2 N–H and O–H groups in total. The van der Waals surface area contributed by atoms with Gasteiger partial charge in [0.1, 0.15) is 0 Å². The van der Waals surface area contributed by atoms with Crippen LogP contribution in [0.1, 0.15) is 26.3 Å². The van der Waals surface area contributed by atoms with Gasteiger partial charge in [-0.15, -0.1) is 0 Å². The molecule has 0 unspecified atom stereocenters. The highest BCUT2D eigenvalue weighted by atomic mass is 32.1. The lowest BCUT2D eigenvalue weighted by atomic mass is 10.1. The van der Waals surface area contributed by atoms with E-state index in [0.717, 1.165) is 5.56 Å². The van der Waals surface area contributed by atoms with E-state index >= 15 is 0 Å². The summed E-state index contributed by atoms with van der Waals surface area (Å²) in [6.45, 7) is 6.46. The molecule has 1 aromatic rings. The third-order valence-corrected chi connectivity index (χ3v) is 2.25. The van der Waals surface area contributed by atoms with Gasteiger partial charge in [0.2, 0.25) is 0 Å². The van der Waals surface area contributed by atoms with Crippen molar-refractivity contribution < 1.29 is 4.79 Å². The van der Waals surface area contributed by atoms with Crippen LogP contribution >= 0.6 is 11.3 Å². The fourth-order valence-corrected chi connectivity index (χ4v) is 1.63. The van der Waals surface area contributed by atoms with Gasteiger partial charge in [0.25, 0.3) is 0 Å². The monoisotopic (exact) mass is 212 g/mol. The van der Waals surface area contributed by atoms with Crippen LogP contribution in [0.2, 0.25) is 0 Å². The molecule has 0 spiro atoms. The summed E-state index contributed by atoms with van der Waals surface area (Å²) < 4.78 is 0. The van der Waals surface area contributed by atoms with Gasteiger partial charge in [-0.3, -0.25) is 0 Å². The second kappa shape index (κ2) is 4.46. The largest absolute Gasteiger partial charge is 0.334 e. The maximum absolute atomic E-state index is 11.3. The molecule has 1 heterocycles. The van der Waals surface area contributed by atoms with Crippen LogP contribution in [-0.2, 0) is 6.54 Å². The van der Waals surface area contributed by atoms with Crippen LogP contribution in [0.25, 0.3) is 0 Å². The average Bonchev–Trinajstić information content (AvgIpc) is 2.49. The van der Waals surface area contributed by atoms with Crippen LogP contribution in [0.5, 0.6) is 0 Å². The zero-order valence-corrected chi connectivity index (χ0v) is 9.57. The molecule has 0 atom stereocenters. The van der Waals surface area contributed by atoms with Gasteiger partial charge < -0.3 is 10.6 Å². The molecule has 14 heavy (non-hydrogen) atoms. The minimum Gasteiger partial charge on any atom is -0.334 e. The Hall–Kier alpha value is -1.03. The van der Waals surface area contributed by atoms with Gasteiger partial charge in [0.05, 0.1) is 0 Å². The molecule has 0 saturated carbocycles. The van der Waals surface area contributed by atoms with Crippen molar-refractivity contribution >= 4 is 17.4 Å². The first kappa shape index (κ1) is 11.0. The van der Waals surface area contributed by atoms with Gasteiger partial charge >= 0.3 is 6.03 Å². The quantitative estimate of drug-likeness (QED) is 0.776. The van der Waals surface area contributed by atoms with Crippen molar-refractivity contribution in [1.82, 2.24) is 10.6 Å². The lowest BCUT2D eigenvalue weighted by Crippen LogP contribution is -2.46. The van der Waals surface area contributed by atoms with Gasteiger partial charge in [-0.1, -0.05) is 0 Å². The normalized spacial score (nSPS) is 11.1. The number of carbonyl (C=O) groups excluding carboxylic acids is 1. The zero-order valence-electron chi connectivity index (χ0n) is 8.76. The number of urea groups is 1. The molecule has 1 aromatic heterocycles. The minimum atomic E-state index is -0.182. The standard InChI is InChI=1S/C10H16N2OS/c1-10(2,3)12-9(13)11-6-8-4-5-14-7-8/h4-5,7H,6H2,1-3H3,(H2,11,12,13). The molecular formula is C10H16N2OS. The molecule has 0 aliphatic heterocycles. The summed E-state index contributed by atoms with van der Waals surface area (Å²) in [5.74, 6) is 0.